The van der Waals surface area contributed by atoms with Crippen molar-refractivity contribution >= 4 is 19.8 Å². The third kappa shape index (κ3) is 38.5. The second-order valence-electron chi connectivity index (χ2n) is 14.2. The Balaban J connectivity index is 4.46. The van der Waals surface area contributed by atoms with Gasteiger partial charge in [0, 0.05) is 12.8 Å². The number of rotatable bonds is 39. The van der Waals surface area contributed by atoms with Gasteiger partial charge in [0.1, 0.15) is 12.7 Å². The molecule has 0 rings (SSSR count). The topological polar surface area (TPSA) is 169 Å². The van der Waals surface area contributed by atoms with Crippen LogP contribution in [0.25, 0.3) is 0 Å². The predicted molar refractivity (Wildman–Crippen MR) is 225 cm³/mol. The highest BCUT2D eigenvalue weighted by Gasteiger charge is 2.27. The maximum Gasteiger partial charge on any atom is 0.472 e. The smallest absolute Gasteiger partial charge is 0.462 e. The number of allylic oxidation sites excluding steroid dienone is 8. The maximum absolute atomic E-state index is 12.6. The van der Waals surface area contributed by atoms with Gasteiger partial charge in [-0.3, -0.25) is 18.6 Å². The summed E-state index contributed by atoms with van der Waals surface area (Å²) in [4.78, 5) is 34.9. The minimum atomic E-state index is -4.64. The van der Waals surface area contributed by atoms with Crippen molar-refractivity contribution in [3.05, 3.63) is 60.8 Å². The lowest BCUT2D eigenvalue weighted by atomic mass is 10.0. The van der Waals surface area contributed by atoms with Gasteiger partial charge in [-0.2, -0.15) is 0 Å². The number of phosphoric acid groups is 1. The molecular formula is C44H77O11P. The van der Waals surface area contributed by atoms with E-state index in [2.05, 4.69) is 30.5 Å². The van der Waals surface area contributed by atoms with Crippen molar-refractivity contribution in [3.8, 4) is 0 Å². The van der Waals surface area contributed by atoms with Gasteiger partial charge in [0.25, 0.3) is 0 Å². The molecule has 4 N–H and O–H groups in total. The van der Waals surface area contributed by atoms with Crippen LogP contribution in [-0.2, 0) is 32.7 Å². The van der Waals surface area contributed by atoms with Crippen LogP contribution in [0.3, 0.4) is 0 Å². The summed E-state index contributed by atoms with van der Waals surface area (Å²) in [6, 6.07) is 0. The van der Waals surface area contributed by atoms with E-state index in [4.69, 9.17) is 19.1 Å². The van der Waals surface area contributed by atoms with Crippen molar-refractivity contribution in [2.24, 2.45) is 0 Å². The van der Waals surface area contributed by atoms with Crippen molar-refractivity contribution in [2.75, 3.05) is 26.4 Å². The van der Waals surface area contributed by atoms with Crippen molar-refractivity contribution in [2.45, 2.75) is 180 Å². The molecule has 0 aliphatic heterocycles. The second kappa shape index (κ2) is 39.5. The molecule has 12 heteroatoms. The van der Waals surface area contributed by atoms with E-state index in [0.717, 1.165) is 32.1 Å². The number of carbonyl (C=O) groups excluding carboxylic acids is 2. The first-order valence-electron chi connectivity index (χ1n) is 21.4. The normalized spacial score (nSPS) is 15.0. The molecule has 0 aromatic rings. The molecule has 0 saturated carbocycles. The second-order valence-corrected chi connectivity index (χ2v) is 15.6. The summed E-state index contributed by atoms with van der Waals surface area (Å²) < 4.78 is 32.6. The fraction of sp³-hybridized carbons (Fsp3) is 0.727. The predicted octanol–water partition coefficient (Wildman–Crippen LogP) is 10.1. The quantitative estimate of drug-likeness (QED) is 0.0153. The molecule has 324 valence electrons. The van der Waals surface area contributed by atoms with E-state index in [9.17, 15) is 29.3 Å². The zero-order valence-corrected chi connectivity index (χ0v) is 35.6. The summed E-state index contributed by atoms with van der Waals surface area (Å²) in [5.41, 5.74) is 0. The Morgan fingerprint density at radius 3 is 1.80 bits per heavy atom. The average Bonchev–Trinajstić information content (AvgIpc) is 3.18. The van der Waals surface area contributed by atoms with E-state index < -0.39 is 57.9 Å². The maximum atomic E-state index is 12.6. The van der Waals surface area contributed by atoms with E-state index >= 15 is 0 Å². The Kier molecular flexibility index (Phi) is 37.8. The van der Waals surface area contributed by atoms with Gasteiger partial charge in [-0.1, -0.05) is 164 Å². The number of hydrogen-bond donors (Lipinski definition) is 4. The lowest BCUT2D eigenvalue weighted by Gasteiger charge is -2.20. The van der Waals surface area contributed by atoms with Crippen LogP contribution < -0.4 is 0 Å². The summed E-state index contributed by atoms with van der Waals surface area (Å²) in [5, 5.41) is 28.3. The molecule has 0 aliphatic rings. The molecule has 0 aromatic carbocycles. The van der Waals surface area contributed by atoms with E-state index in [1.807, 2.05) is 42.5 Å². The van der Waals surface area contributed by atoms with Crippen LogP contribution in [0, 0.1) is 0 Å². The van der Waals surface area contributed by atoms with Crippen LogP contribution in [0.1, 0.15) is 162 Å². The van der Waals surface area contributed by atoms with Gasteiger partial charge < -0.3 is 29.7 Å². The first kappa shape index (κ1) is 53.6. The number of hydrogen-bond acceptors (Lipinski definition) is 10. The number of esters is 2. The molecule has 0 aliphatic carbocycles. The van der Waals surface area contributed by atoms with Gasteiger partial charge in [-0.25, -0.2) is 4.57 Å². The minimum Gasteiger partial charge on any atom is -0.462 e. The van der Waals surface area contributed by atoms with Crippen LogP contribution in [-0.4, -0.2) is 76.9 Å². The Hall–Kier alpha value is -2.37. The first-order chi connectivity index (χ1) is 27.1. The Labute approximate surface area is 338 Å². The zero-order valence-electron chi connectivity index (χ0n) is 34.7. The molecule has 0 aromatic heterocycles. The summed E-state index contributed by atoms with van der Waals surface area (Å²) in [6.45, 7) is 2.11. The summed E-state index contributed by atoms with van der Waals surface area (Å²) >= 11 is 0. The molecule has 0 radical (unpaired) electrons. The van der Waals surface area contributed by atoms with Crippen LogP contribution in [0.15, 0.2) is 60.8 Å². The molecule has 0 saturated heterocycles. The average molecular weight is 813 g/mol. The molecule has 0 fully saturated rings. The van der Waals surface area contributed by atoms with Crippen LogP contribution in [0.4, 0.5) is 0 Å². The van der Waals surface area contributed by atoms with Gasteiger partial charge in [0.05, 0.1) is 25.9 Å². The van der Waals surface area contributed by atoms with Gasteiger partial charge >= 0.3 is 19.8 Å². The molecule has 0 spiro atoms. The highest BCUT2D eigenvalue weighted by atomic mass is 31.2. The fourth-order valence-corrected chi connectivity index (χ4v) is 6.26. The Morgan fingerprint density at radius 2 is 1.18 bits per heavy atom. The van der Waals surface area contributed by atoms with Crippen LogP contribution in [0.5, 0.6) is 0 Å². The number of carbonyl (C=O) groups is 2. The van der Waals surface area contributed by atoms with E-state index in [0.29, 0.717) is 32.1 Å². The zero-order chi connectivity index (χ0) is 41.4. The Morgan fingerprint density at radius 1 is 0.625 bits per heavy atom. The van der Waals surface area contributed by atoms with Crippen molar-refractivity contribution in [3.63, 3.8) is 0 Å². The molecule has 0 heterocycles. The standard InChI is InChI=1S/C44H77O11P/c1-3-5-7-9-11-12-13-14-15-16-17-18-23-27-31-35-44(49)55-42(39-54-56(50,51)53-37-41(47)36-45)38-52-43(48)34-30-26-22-20-19-21-25-29-33-40(46)32-28-24-10-8-6-4-2/h6,8,20-22,24-25,28-29,33,40-42,45-47H,3-5,7,9-19,23,26-27,30-32,34-39H2,1-2H3,(H,50,51)/b8-6-,22-20-,25-21-,28-24-,33-29+/t40?,41-,42+/m0/s1. The minimum absolute atomic E-state index is 0.130. The first-order valence-corrected chi connectivity index (χ1v) is 22.8. The molecule has 0 bridgehead atoms. The highest BCUT2D eigenvalue weighted by Crippen LogP contribution is 2.43. The van der Waals surface area contributed by atoms with E-state index in [1.54, 1.807) is 6.08 Å². The third-order valence-corrected chi connectivity index (χ3v) is 9.72. The highest BCUT2D eigenvalue weighted by molar-refractivity contribution is 7.47. The third-order valence-electron chi connectivity index (χ3n) is 8.77. The summed E-state index contributed by atoms with van der Waals surface area (Å²) in [7, 11) is -4.64. The number of aliphatic hydroxyl groups excluding tert-OH is 3. The largest absolute Gasteiger partial charge is 0.472 e. The number of unbranched alkanes of at least 4 members (excludes halogenated alkanes) is 15. The SMILES string of the molecule is CC/C=C\C/C=C\CC(O)/C=C/C=C\C/C=C\CCCC(=O)OC[C@H](COP(=O)(O)OC[C@@H](O)CO)OC(=O)CCCCCCCCCCCCCCCCC. The van der Waals surface area contributed by atoms with Gasteiger partial charge in [0.2, 0.25) is 0 Å². The van der Waals surface area contributed by atoms with E-state index in [-0.39, 0.29) is 19.4 Å². The number of ether oxygens (including phenoxy) is 2. The molecular weight excluding hydrogens is 735 g/mol. The van der Waals surface area contributed by atoms with Gasteiger partial charge in [0.15, 0.2) is 6.10 Å². The lowest BCUT2D eigenvalue weighted by molar-refractivity contribution is -0.161. The molecule has 0 amide bonds. The fourth-order valence-electron chi connectivity index (χ4n) is 5.47. The summed E-state index contributed by atoms with van der Waals surface area (Å²) in [6.07, 6.45) is 39.3. The molecule has 11 nitrogen and oxygen atoms in total. The van der Waals surface area contributed by atoms with Crippen molar-refractivity contribution in [1.82, 2.24) is 0 Å². The lowest BCUT2D eigenvalue weighted by Crippen LogP contribution is -2.29. The van der Waals surface area contributed by atoms with Gasteiger partial charge in [-0.15, -0.1) is 0 Å². The Bertz CT molecular complexity index is 1130. The number of phosphoric ester groups is 1. The van der Waals surface area contributed by atoms with E-state index in [1.165, 1.54) is 70.6 Å². The van der Waals surface area contributed by atoms with Gasteiger partial charge in [-0.05, 0) is 44.9 Å². The number of aliphatic hydroxyl groups is 3. The summed E-state index contributed by atoms with van der Waals surface area (Å²) in [5.74, 6) is -1.03. The molecule has 4 atom stereocenters. The monoisotopic (exact) mass is 813 g/mol. The van der Waals surface area contributed by atoms with Crippen molar-refractivity contribution < 1.29 is 52.9 Å². The van der Waals surface area contributed by atoms with Crippen molar-refractivity contribution in [1.29, 1.82) is 0 Å². The molecule has 2 unspecified atom stereocenters. The molecule has 56 heavy (non-hydrogen) atoms. The van der Waals surface area contributed by atoms with Crippen LogP contribution >= 0.6 is 7.82 Å². The van der Waals surface area contributed by atoms with Crippen LogP contribution in [0.2, 0.25) is 0 Å².